The summed E-state index contributed by atoms with van der Waals surface area (Å²) in [6.07, 6.45) is 0. The van der Waals surface area contributed by atoms with Gasteiger partial charge in [-0.15, -0.1) is 0 Å². The molecule has 0 atom stereocenters. The fraction of sp³-hybridized carbons (Fsp3) is 0.400. The van der Waals surface area contributed by atoms with Gasteiger partial charge in [0.15, 0.2) is 0 Å². The van der Waals surface area contributed by atoms with Crippen LogP contribution in [-0.2, 0) is 14.3 Å². The molecule has 0 saturated carbocycles. The number of rotatable bonds is 4. The molecule has 0 bridgehead atoms. The minimum absolute atomic E-state index is 0. The van der Waals surface area contributed by atoms with E-state index in [1.807, 2.05) is 0 Å². The molecule has 0 aliphatic rings. The van der Waals surface area contributed by atoms with Crippen molar-refractivity contribution in [2.45, 2.75) is 13.8 Å². The van der Waals surface area contributed by atoms with Gasteiger partial charge in [-0.2, -0.15) is 0 Å². The fourth-order valence-electron chi connectivity index (χ4n) is 0.262. The maximum absolute atomic E-state index is 10.5. The Hall–Kier alpha value is -0.620. The Bertz CT molecular complexity index is 248. The van der Waals surface area contributed by atoms with Crippen molar-refractivity contribution in [3.63, 3.8) is 0 Å². The summed E-state index contributed by atoms with van der Waals surface area (Å²) in [6.45, 7) is 9.29. The third kappa shape index (κ3) is 15.8. The van der Waals surface area contributed by atoms with Crippen molar-refractivity contribution in [2.75, 3.05) is 13.2 Å². The van der Waals surface area contributed by atoms with Crippen LogP contribution in [0.3, 0.4) is 0 Å². The van der Waals surface area contributed by atoms with E-state index in [1.54, 1.807) is 6.92 Å². The summed E-state index contributed by atoms with van der Waals surface area (Å²) < 4.78 is 4.46. The van der Waals surface area contributed by atoms with Gasteiger partial charge in [-0.25, -0.2) is 4.79 Å². The molecule has 0 fully saturated rings. The number of aliphatic hydroxyl groups excluding tert-OH is 1. The van der Waals surface area contributed by atoms with Gasteiger partial charge < -0.3 is 19.7 Å². The molecule has 0 saturated heterocycles. The van der Waals surface area contributed by atoms with Gasteiger partial charge >= 0.3 is 35.5 Å². The summed E-state index contributed by atoms with van der Waals surface area (Å²) in [5.41, 5.74) is 0.415. The Labute approximate surface area is 117 Å². The number of carbonyl (C=O) groups is 2. The number of ether oxygens (including phenoxy) is 1. The molecule has 0 aromatic heterocycles. The molecule has 1 N–H and O–H groups in total. The summed E-state index contributed by atoms with van der Waals surface area (Å²) in [6, 6.07) is 0. The number of hydrogen-bond acceptors (Lipinski definition) is 5. The third-order valence-corrected chi connectivity index (χ3v) is 1.02. The topological polar surface area (TPSA) is 86.7 Å². The largest absolute Gasteiger partial charge is 1.00 e. The molecule has 0 aliphatic carbocycles. The standard InChI is InChI=1S/C6H10O3.C4H6O2.Na/c1-5(2)6(8)9-4-3-7;1-3(2)4(5)6;/h7H,1,3-4H2,2H3;1H2,2H3,(H,5,6);/q;;+1/p-1. The van der Waals surface area contributed by atoms with Crippen LogP contribution in [0.25, 0.3) is 0 Å². The van der Waals surface area contributed by atoms with Crippen LogP contribution in [0, 0.1) is 0 Å². The second-order valence-corrected chi connectivity index (χ2v) is 2.71. The normalized spacial score (nSPS) is 7.69. The molecule has 6 heteroatoms. The molecular formula is C10H15NaO5. The van der Waals surface area contributed by atoms with Gasteiger partial charge in [0.1, 0.15) is 6.61 Å². The zero-order valence-electron chi connectivity index (χ0n) is 9.91. The van der Waals surface area contributed by atoms with Crippen LogP contribution < -0.4 is 34.7 Å². The van der Waals surface area contributed by atoms with Gasteiger partial charge in [-0.1, -0.05) is 13.2 Å². The maximum Gasteiger partial charge on any atom is 1.00 e. The van der Waals surface area contributed by atoms with Crippen LogP contribution >= 0.6 is 0 Å². The number of hydrogen-bond donors (Lipinski definition) is 1. The first-order valence-electron chi connectivity index (χ1n) is 4.13. The zero-order chi connectivity index (χ0) is 12.4. The zero-order valence-corrected chi connectivity index (χ0v) is 11.9. The molecule has 0 aromatic rings. The molecule has 0 unspecified atom stereocenters. The van der Waals surface area contributed by atoms with Crippen LogP contribution in [0.2, 0.25) is 0 Å². The molecule has 0 rings (SSSR count). The Morgan fingerprint density at radius 1 is 1.25 bits per heavy atom. The van der Waals surface area contributed by atoms with Crippen LogP contribution in [0.4, 0.5) is 0 Å². The van der Waals surface area contributed by atoms with Crippen molar-refractivity contribution in [1.82, 2.24) is 0 Å². The molecule has 0 amide bonds. The Kier molecular flexibility index (Phi) is 16.1. The number of aliphatic hydroxyl groups is 1. The van der Waals surface area contributed by atoms with E-state index in [-0.39, 0.29) is 48.3 Å². The van der Waals surface area contributed by atoms with E-state index in [0.29, 0.717) is 5.57 Å². The average Bonchev–Trinajstić information content (AvgIpc) is 2.14. The number of aliphatic carboxylic acids is 1. The van der Waals surface area contributed by atoms with Gasteiger partial charge in [-0.05, 0) is 19.4 Å². The molecule has 0 spiro atoms. The first-order chi connectivity index (χ1) is 6.82. The van der Waals surface area contributed by atoms with Crippen molar-refractivity contribution in [2.24, 2.45) is 0 Å². The molecule has 86 valence electrons. The molecular weight excluding hydrogens is 223 g/mol. The van der Waals surface area contributed by atoms with E-state index in [1.165, 1.54) is 6.92 Å². The van der Waals surface area contributed by atoms with Crippen molar-refractivity contribution in [1.29, 1.82) is 0 Å². The minimum Gasteiger partial charge on any atom is -0.545 e. The quantitative estimate of drug-likeness (QED) is 0.311. The molecule has 0 aromatic carbocycles. The van der Waals surface area contributed by atoms with Crippen molar-refractivity contribution >= 4 is 11.9 Å². The number of esters is 1. The smallest absolute Gasteiger partial charge is 0.545 e. The van der Waals surface area contributed by atoms with Crippen LogP contribution in [0.5, 0.6) is 0 Å². The predicted molar refractivity (Wildman–Crippen MR) is 52.7 cm³/mol. The first-order valence-corrected chi connectivity index (χ1v) is 4.13. The van der Waals surface area contributed by atoms with Crippen LogP contribution in [-0.4, -0.2) is 30.3 Å². The van der Waals surface area contributed by atoms with E-state index in [2.05, 4.69) is 17.9 Å². The summed E-state index contributed by atoms with van der Waals surface area (Å²) in [4.78, 5) is 20.0. The number of carbonyl (C=O) groups excluding carboxylic acids is 2. The third-order valence-electron chi connectivity index (χ3n) is 1.02. The SMILES string of the molecule is C=C(C)C(=O)OCCO.C=C(C)C(=O)[O-].[Na+]. The van der Waals surface area contributed by atoms with E-state index in [4.69, 9.17) is 5.11 Å². The molecule has 16 heavy (non-hydrogen) atoms. The summed E-state index contributed by atoms with van der Waals surface area (Å²) >= 11 is 0. The summed E-state index contributed by atoms with van der Waals surface area (Å²) in [5.74, 6) is -1.64. The van der Waals surface area contributed by atoms with E-state index in [9.17, 15) is 14.7 Å². The van der Waals surface area contributed by atoms with Crippen molar-refractivity contribution < 1.29 is 54.1 Å². The van der Waals surface area contributed by atoms with Gasteiger partial charge in [0, 0.05) is 5.57 Å². The van der Waals surface area contributed by atoms with Crippen molar-refractivity contribution in [3.05, 3.63) is 24.3 Å². The van der Waals surface area contributed by atoms with Gasteiger partial charge in [0.2, 0.25) is 0 Å². The Morgan fingerprint density at radius 3 is 1.81 bits per heavy atom. The van der Waals surface area contributed by atoms with Gasteiger partial charge in [0.05, 0.1) is 12.6 Å². The first kappa shape index (κ1) is 20.8. The summed E-state index contributed by atoms with van der Waals surface area (Å²) in [5, 5.41) is 17.7. The molecule has 0 heterocycles. The second-order valence-electron chi connectivity index (χ2n) is 2.71. The van der Waals surface area contributed by atoms with E-state index < -0.39 is 11.9 Å². The van der Waals surface area contributed by atoms with Gasteiger partial charge in [0.25, 0.3) is 0 Å². The molecule has 0 aliphatic heterocycles. The van der Waals surface area contributed by atoms with E-state index >= 15 is 0 Å². The second kappa shape index (κ2) is 12.4. The average molecular weight is 238 g/mol. The number of carboxylic acids is 1. The fourth-order valence-corrected chi connectivity index (χ4v) is 0.262. The minimum atomic E-state index is -1.19. The molecule has 5 nitrogen and oxygen atoms in total. The van der Waals surface area contributed by atoms with Crippen LogP contribution in [0.15, 0.2) is 24.3 Å². The molecule has 0 radical (unpaired) electrons. The maximum atomic E-state index is 10.5. The Balaban J connectivity index is -0.000000214. The number of carboxylic acid groups (broad SMARTS) is 1. The monoisotopic (exact) mass is 238 g/mol. The Morgan fingerprint density at radius 2 is 1.62 bits per heavy atom. The van der Waals surface area contributed by atoms with Crippen molar-refractivity contribution in [3.8, 4) is 0 Å². The predicted octanol–water partition coefficient (Wildman–Crippen LogP) is -3.59. The van der Waals surface area contributed by atoms with Crippen LogP contribution in [0.1, 0.15) is 13.8 Å². The van der Waals surface area contributed by atoms with Gasteiger partial charge in [-0.3, -0.25) is 0 Å². The van der Waals surface area contributed by atoms with E-state index in [0.717, 1.165) is 0 Å². The summed E-state index contributed by atoms with van der Waals surface area (Å²) in [7, 11) is 0.